The minimum atomic E-state index is -0.00522. The summed E-state index contributed by atoms with van der Waals surface area (Å²) in [4.78, 5) is 15.0. The number of aryl methyl sites for hydroxylation is 1. The zero-order valence-electron chi connectivity index (χ0n) is 16.4. The Balaban J connectivity index is 1.43. The maximum Gasteiger partial charge on any atom is 0.247 e. The second-order valence-corrected chi connectivity index (χ2v) is 8.69. The third-order valence-electron chi connectivity index (χ3n) is 6.94. The SMILES string of the molecule is Cc1ccc(-c2nnc(C3CN(C(=O)C4CCC4)CC34CCOCC4)o2)cc1. The largest absolute Gasteiger partial charge is 0.420 e. The van der Waals surface area contributed by atoms with E-state index in [1.807, 2.05) is 24.3 Å². The number of hydrogen-bond acceptors (Lipinski definition) is 5. The first-order valence-corrected chi connectivity index (χ1v) is 10.4. The summed E-state index contributed by atoms with van der Waals surface area (Å²) >= 11 is 0. The molecule has 3 aliphatic rings. The molecule has 1 unspecified atom stereocenters. The van der Waals surface area contributed by atoms with Gasteiger partial charge in [0, 0.05) is 43.2 Å². The molecule has 0 N–H and O–H groups in total. The van der Waals surface area contributed by atoms with Crippen molar-refractivity contribution >= 4 is 5.91 Å². The number of amides is 1. The molecule has 0 radical (unpaired) electrons. The Morgan fingerprint density at radius 3 is 2.57 bits per heavy atom. The Bertz CT molecular complexity index is 850. The van der Waals surface area contributed by atoms with Crippen molar-refractivity contribution in [1.29, 1.82) is 0 Å². The molecular weight excluding hydrogens is 354 g/mol. The molecule has 3 heterocycles. The third kappa shape index (κ3) is 3.04. The van der Waals surface area contributed by atoms with Crippen molar-refractivity contribution in [2.24, 2.45) is 11.3 Å². The topological polar surface area (TPSA) is 68.5 Å². The molecule has 1 saturated carbocycles. The van der Waals surface area contributed by atoms with E-state index in [0.717, 1.165) is 51.0 Å². The molecule has 5 rings (SSSR count). The first-order chi connectivity index (χ1) is 13.6. The van der Waals surface area contributed by atoms with Crippen LogP contribution < -0.4 is 0 Å². The van der Waals surface area contributed by atoms with E-state index in [-0.39, 0.29) is 17.3 Å². The molecule has 6 heteroatoms. The predicted octanol–water partition coefficient (Wildman–Crippen LogP) is 3.57. The van der Waals surface area contributed by atoms with Gasteiger partial charge in [-0.3, -0.25) is 4.79 Å². The zero-order valence-corrected chi connectivity index (χ0v) is 16.4. The summed E-state index contributed by atoms with van der Waals surface area (Å²) in [6, 6.07) is 8.12. The van der Waals surface area contributed by atoms with Crippen LogP contribution in [0.4, 0.5) is 0 Å². The Labute approximate surface area is 165 Å². The summed E-state index contributed by atoms with van der Waals surface area (Å²) in [6.07, 6.45) is 5.13. The number of likely N-dealkylation sites (tertiary alicyclic amines) is 1. The van der Waals surface area contributed by atoms with E-state index in [2.05, 4.69) is 22.0 Å². The van der Waals surface area contributed by atoms with Gasteiger partial charge in [-0.1, -0.05) is 24.1 Å². The fraction of sp³-hybridized carbons (Fsp3) is 0.591. The van der Waals surface area contributed by atoms with Gasteiger partial charge in [0.2, 0.25) is 17.7 Å². The highest BCUT2D eigenvalue weighted by atomic mass is 16.5. The molecule has 1 aliphatic carbocycles. The highest BCUT2D eigenvalue weighted by molar-refractivity contribution is 5.80. The predicted molar refractivity (Wildman–Crippen MR) is 104 cm³/mol. The van der Waals surface area contributed by atoms with Crippen LogP contribution in [0.5, 0.6) is 0 Å². The molecule has 1 aromatic carbocycles. The van der Waals surface area contributed by atoms with E-state index in [1.54, 1.807) is 0 Å². The van der Waals surface area contributed by atoms with E-state index in [4.69, 9.17) is 9.15 Å². The Morgan fingerprint density at radius 1 is 1.14 bits per heavy atom. The second-order valence-electron chi connectivity index (χ2n) is 8.69. The number of rotatable bonds is 3. The van der Waals surface area contributed by atoms with Crippen LogP contribution in [0.25, 0.3) is 11.5 Å². The molecule has 6 nitrogen and oxygen atoms in total. The van der Waals surface area contributed by atoms with E-state index < -0.39 is 0 Å². The maximum atomic E-state index is 12.9. The van der Waals surface area contributed by atoms with Gasteiger partial charge in [-0.2, -0.15) is 0 Å². The number of nitrogens with zero attached hydrogens (tertiary/aromatic N) is 3. The average molecular weight is 381 g/mol. The van der Waals surface area contributed by atoms with Crippen LogP contribution in [0, 0.1) is 18.3 Å². The molecule has 1 spiro atoms. The Hall–Kier alpha value is -2.21. The van der Waals surface area contributed by atoms with Crippen molar-refractivity contribution in [2.75, 3.05) is 26.3 Å². The van der Waals surface area contributed by atoms with Crippen LogP contribution in [0.3, 0.4) is 0 Å². The molecule has 2 aliphatic heterocycles. The summed E-state index contributed by atoms with van der Waals surface area (Å²) < 4.78 is 11.8. The van der Waals surface area contributed by atoms with Crippen molar-refractivity contribution in [1.82, 2.24) is 15.1 Å². The van der Waals surface area contributed by atoms with Gasteiger partial charge in [0.25, 0.3) is 0 Å². The van der Waals surface area contributed by atoms with E-state index >= 15 is 0 Å². The number of ether oxygens (including phenoxy) is 1. The third-order valence-corrected chi connectivity index (χ3v) is 6.94. The lowest BCUT2D eigenvalue weighted by molar-refractivity contribution is -0.137. The fourth-order valence-corrected chi connectivity index (χ4v) is 4.86. The normalized spacial score (nSPS) is 24.5. The number of aromatic nitrogens is 2. The van der Waals surface area contributed by atoms with Gasteiger partial charge in [-0.25, -0.2) is 0 Å². The van der Waals surface area contributed by atoms with Crippen LogP contribution >= 0.6 is 0 Å². The first-order valence-electron chi connectivity index (χ1n) is 10.4. The first kappa shape index (κ1) is 17.9. The number of carbonyl (C=O) groups is 1. The van der Waals surface area contributed by atoms with Gasteiger partial charge in [-0.05, 0) is 44.7 Å². The number of carbonyl (C=O) groups excluding carboxylic acids is 1. The second kappa shape index (κ2) is 6.99. The molecule has 3 fully saturated rings. The summed E-state index contributed by atoms with van der Waals surface area (Å²) in [5.41, 5.74) is 2.13. The van der Waals surface area contributed by atoms with Gasteiger partial charge in [0.05, 0.1) is 5.92 Å². The van der Waals surface area contributed by atoms with Crippen LogP contribution in [0.15, 0.2) is 28.7 Å². The monoisotopic (exact) mass is 381 g/mol. The van der Waals surface area contributed by atoms with Crippen LogP contribution in [-0.2, 0) is 9.53 Å². The number of benzene rings is 1. The van der Waals surface area contributed by atoms with Crippen molar-refractivity contribution in [3.05, 3.63) is 35.7 Å². The lowest BCUT2D eigenvalue weighted by Gasteiger charge is -2.36. The molecule has 2 saturated heterocycles. The highest BCUT2D eigenvalue weighted by Crippen LogP contribution is 2.50. The standard InChI is InChI=1S/C22H27N3O3/c1-15-5-7-16(8-6-15)19-23-24-20(28-19)18-13-25(21(26)17-3-2-4-17)14-22(18)9-11-27-12-10-22/h5-8,17-18H,2-4,9-14H2,1H3. The molecule has 28 heavy (non-hydrogen) atoms. The van der Waals surface area contributed by atoms with Crippen molar-refractivity contribution in [3.8, 4) is 11.5 Å². The molecule has 1 atom stereocenters. The summed E-state index contributed by atoms with van der Waals surface area (Å²) in [5.74, 6) is 1.86. The van der Waals surface area contributed by atoms with Gasteiger partial charge in [0.15, 0.2) is 0 Å². The van der Waals surface area contributed by atoms with Gasteiger partial charge < -0.3 is 14.1 Å². The van der Waals surface area contributed by atoms with Crippen LogP contribution in [-0.4, -0.2) is 47.3 Å². The zero-order chi connectivity index (χ0) is 19.1. The summed E-state index contributed by atoms with van der Waals surface area (Å²) in [7, 11) is 0. The Kier molecular flexibility index (Phi) is 4.46. The quantitative estimate of drug-likeness (QED) is 0.813. The average Bonchev–Trinajstić information content (AvgIpc) is 3.27. The van der Waals surface area contributed by atoms with Crippen molar-refractivity contribution in [3.63, 3.8) is 0 Å². The lowest BCUT2D eigenvalue weighted by Crippen LogP contribution is -2.40. The minimum absolute atomic E-state index is 0.00522. The summed E-state index contributed by atoms with van der Waals surface area (Å²) in [6.45, 7) is 5.01. The lowest BCUT2D eigenvalue weighted by atomic mass is 9.72. The molecular formula is C22H27N3O3. The van der Waals surface area contributed by atoms with E-state index in [0.29, 0.717) is 24.2 Å². The number of hydrogen-bond donors (Lipinski definition) is 0. The van der Waals surface area contributed by atoms with E-state index in [1.165, 1.54) is 12.0 Å². The van der Waals surface area contributed by atoms with Gasteiger partial charge >= 0.3 is 0 Å². The molecule has 2 aromatic rings. The van der Waals surface area contributed by atoms with Crippen molar-refractivity contribution < 1.29 is 13.9 Å². The maximum absolute atomic E-state index is 12.9. The van der Waals surface area contributed by atoms with Crippen LogP contribution in [0.2, 0.25) is 0 Å². The van der Waals surface area contributed by atoms with Gasteiger partial charge in [0.1, 0.15) is 0 Å². The fourth-order valence-electron chi connectivity index (χ4n) is 4.86. The molecule has 0 bridgehead atoms. The highest BCUT2D eigenvalue weighted by Gasteiger charge is 2.52. The molecule has 148 valence electrons. The smallest absolute Gasteiger partial charge is 0.247 e. The van der Waals surface area contributed by atoms with Crippen LogP contribution in [0.1, 0.15) is 49.5 Å². The van der Waals surface area contributed by atoms with Crippen molar-refractivity contribution in [2.45, 2.75) is 44.9 Å². The van der Waals surface area contributed by atoms with E-state index in [9.17, 15) is 4.79 Å². The van der Waals surface area contributed by atoms with Gasteiger partial charge in [-0.15, -0.1) is 10.2 Å². The Morgan fingerprint density at radius 2 is 1.89 bits per heavy atom. The minimum Gasteiger partial charge on any atom is -0.420 e. The molecule has 1 aromatic heterocycles. The molecule has 1 amide bonds. The summed E-state index contributed by atoms with van der Waals surface area (Å²) in [5, 5.41) is 8.74.